The quantitative estimate of drug-likeness (QED) is 0.418. The van der Waals surface area contributed by atoms with Crippen molar-refractivity contribution in [2.45, 2.75) is 24.7 Å². The van der Waals surface area contributed by atoms with Crippen LogP contribution in [0.5, 0.6) is 11.5 Å². The van der Waals surface area contributed by atoms with Crippen molar-refractivity contribution in [3.05, 3.63) is 48.2 Å². The fourth-order valence-electron chi connectivity index (χ4n) is 3.98. The lowest BCUT2D eigenvalue weighted by Gasteiger charge is -2.30. The van der Waals surface area contributed by atoms with Crippen LogP contribution < -0.4 is 19.9 Å². The van der Waals surface area contributed by atoms with Gasteiger partial charge in [-0.1, -0.05) is 11.3 Å². The van der Waals surface area contributed by atoms with Gasteiger partial charge in [-0.25, -0.2) is 18.2 Å². The third-order valence-corrected chi connectivity index (χ3v) is 8.41. The number of carbonyl (C=O) groups is 1. The molecule has 2 aromatic carbocycles. The molecule has 4 rings (SSSR count). The first kappa shape index (κ1) is 25.7. The van der Waals surface area contributed by atoms with E-state index in [1.54, 1.807) is 17.0 Å². The molecule has 4 N–H and O–H groups in total. The van der Waals surface area contributed by atoms with Crippen molar-refractivity contribution >= 4 is 38.3 Å². The highest BCUT2D eigenvalue weighted by molar-refractivity contribution is 7.92. The Morgan fingerprint density at radius 1 is 1.22 bits per heavy atom. The molecule has 12 heteroatoms. The van der Waals surface area contributed by atoms with E-state index in [0.29, 0.717) is 40.9 Å². The predicted octanol–water partition coefficient (Wildman–Crippen LogP) is 3.71. The van der Waals surface area contributed by atoms with Crippen molar-refractivity contribution in [2.75, 3.05) is 37.3 Å². The largest absolute Gasteiger partial charge is 0.495 e. The maximum atomic E-state index is 13.2. The number of methoxy groups -OCH3 is 1. The van der Waals surface area contributed by atoms with Gasteiger partial charge in [-0.2, -0.15) is 0 Å². The second kappa shape index (κ2) is 10.7. The van der Waals surface area contributed by atoms with Gasteiger partial charge in [-0.3, -0.25) is 4.72 Å². The summed E-state index contributed by atoms with van der Waals surface area (Å²) in [5.74, 6) is 0.701. The summed E-state index contributed by atoms with van der Waals surface area (Å²) in [5.41, 5.74) is 7.47. The molecule has 0 bridgehead atoms. The number of ether oxygens (including phenoxy) is 2. The Balaban J connectivity index is 1.48. The van der Waals surface area contributed by atoms with Crippen molar-refractivity contribution in [3.8, 4) is 21.9 Å². The second-order valence-electron chi connectivity index (χ2n) is 8.44. The molecular formula is C24H28N4O6S2. The first-order valence-corrected chi connectivity index (χ1v) is 13.6. The number of hydrogen-bond acceptors (Lipinski definition) is 9. The van der Waals surface area contributed by atoms with Gasteiger partial charge in [0.1, 0.15) is 16.4 Å². The summed E-state index contributed by atoms with van der Waals surface area (Å²) in [6.45, 7) is 2.98. The lowest BCUT2D eigenvalue weighted by molar-refractivity contribution is 0.112. The molecule has 0 saturated carbocycles. The number of nitrogens with one attached hydrogen (secondary N) is 1. The van der Waals surface area contributed by atoms with E-state index in [1.165, 1.54) is 48.8 Å². The third-order valence-electron chi connectivity index (χ3n) is 5.97. The Kier molecular flexibility index (Phi) is 7.67. The van der Waals surface area contributed by atoms with E-state index in [0.717, 1.165) is 17.7 Å². The van der Waals surface area contributed by atoms with Crippen molar-refractivity contribution in [1.82, 2.24) is 9.88 Å². The van der Waals surface area contributed by atoms with E-state index in [-0.39, 0.29) is 23.2 Å². The Hall–Kier alpha value is -3.35. The molecule has 1 saturated heterocycles. The van der Waals surface area contributed by atoms with Crippen LogP contribution in [-0.2, 0) is 10.0 Å². The summed E-state index contributed by atoms with van der Waals surface area (Å²) < 4.78 is 39.7. The Morgan fingerprint density at radius 3 is 2.50 bits per heavy atom. The number of benzene rings is 2. The number of thiazole rings is 1. The Morgan fingerprint density at radius 2 is 1.92 bits per heavy atom. The molecule has 1 aromatic heterocycles. The molecule has 192 valence electrons. The molecule has 1 fully saturated rings. The molecular weight excluding hydrogens is 504 g/mol. The molecule has 1 amide bonds. The number of likely N-dealkylation sites (tertiary alicyclic amines) is 1. The number of aryl methyl sites for hydroxylation is 1. The number of nitrogens with zero attached hydrogens (tertiary/aromatic N) is 2. The van der Waals surface area contributed by atoms with E-state index in [1.807, 2.05) is 6.92 Å². The lowest BCUT2D eigenvalue weighted by atomic mass is 9.98. The van der Waals surface area contributed by atoms with Crippen LogP contribution in [-0.4, -0.2) is 56.3 Å². The average molecular weight is 533 g/mol. The number of carbonyl (C=O) groups excluding carboxylic acids is 1. The number of amides is 1. The van der Waals surface area contributed by atoms with Crippen LogP contribution >= 0.6 is 11.3 Å². The number of nitrogen functional groups attached to an aromatic ring is 1. The summed E-state index contributed by atoms with van der Waals surface area (Å²) in [6.07, 6.45) is 0.986. The molecule has 0 unspecified atom stereocenters. The van der Waals surface area contributed by atoms with Crippen LogP contribution in [0.25, 0.3) is 10.4 Å². The number of piperidine rings is 1. The maximum Gasteiger partial charge on any atom is 0.415 e. The zero-order chi connectivity index (χ0) is 25.9. The standard InChI is InChI=1S/C24H28N4O6S2/c1-15-22(35-23(25)26-15)17-3-8-20(33-2)21(13-17)36(31,32)27-18-4-6-19(7-5-18)34-24(30)28-11-9-16(14-29)10-12-28/h3-8,13,16,27,29H,9-12,14H2,1-2H3,(H2,25,26). The zero-order valence-electron chi connectivity index (χ0n) is 19.9. The number of aliphatic hydroxyl groups is 1. The molecule has 1 aliphatic heterocycles. The van der Waals surface area contributed by atoms with Crippen molar-refractivity contribution in [2.24, 2.45) is 5.92 Å². The number of anilines is 2. The Bertz CT molecular complexity index is 1330. The van der Waals surface area contributed by atoms with Gasteiger partial charge in [0.15, 0.2) is 5.13 Å². The topological polar surface area (TPSA) is 144 Å². The van der Waals surface area contributed by atoms with Crippen LogP contribution in [0.2, 0.25) is 0 Å². The minimum absolute atomic E-state index is 0.0318. The first-order valence-electron chi connectivity index (χ1n) is 11.3. The van der Waals surface area contributed by atoms with Crippen LogP contribution in [0.3, 0.4) is 0 Å². The number of aromatic nitrogens is 1. The second-order valence-corrected chi connectivity index (χ2v) is 11.1. The molecule has 2 heterocycles. The van der Waals surface area contributed by atoms with Gasteiger partial charge in [0, 0.05) is 25.4 Å². The third kappa shape index (κ3) is 5.72. The van der Waals surface area contributed by atoms with Gasteiger partial charge >= 0.3 is 6.09 Å². The smallest absolute Gasteiger partial charge is 0.415 e. The average Bonchev–Trinajstić information content (AvgIpc) is 3.22. The van der Waals surface area contributed by atoms with Crippen molar-refractivity contribution in [1.29, 1.82) is 0 Å². The SMILES string of the molecule is COc1ccc(-c2sc(N)nc2C)cc1S(=O)(=O)Nc1ccc(OC(=O)N2CCC(CO)CC2)cc1. The van der Waals surface area contributed by atoms with Gasteiger partial charge in [0.05, 0.1) is 17.7 Å². The van der Waals surface area contributed by atoms with Crippen molar-refractivity contribution in [3.63, 3.8) is 0 Å². The molecule has 36 heavy (non-hydrogen) atoms. The van der Waals surface area contributed by atoms with Gasteiger partial charge < -0.3 is 25.2 Å². The van der Waals surface area contributed by atoms with E-state index >= 15 is 0 Å². The lowest BCUT2D eigenvalue weighted by Crippen LogP contribution is -2.40. The molecule has 3 aromatic rings. The molecule has 0 spiro atoms. The molecule has 1 aliphatic rings. The normalized spacial score (nSPS) is 14.5. The number of hydrogen-bond donors (Lipinski definition) is 3. The minimum Gasteiger partial charge on any atom is -0.495 e. The Labute approximate surface area is 213 Å². The van der Waals surface area contributed by atoms with Gasteiger partial charge in [-0.15, -0.1) is 0 Å². The fourth-order valence-corrected chi connectivity index (χ4v) is 6.06. The van der Waals surface area contributed by atoms with E-state index in [2.05, 4.69) is 9.71 Å². The summed E-state index contributed by atoms with van der Waals surface area (Å²) in [6, 6.07) is 10.9. The highest BCUT2D eigenvalue weighted by Crippen LogP contribution is 2.36. The number of aliphatic hydroxyl groups excluding tert-OH is 1. The first-order chi connectivity index (χ1) is 17.2. The zero-order valence-corrected chi connectivity index (χ0v) is 21.6. The van der Waals surface area contributed by atoms with Gasteiger partial charge in [0.25, 0.3) is 10.0 Å². The number of nitrogens with two attached hydrogens (primary N) is 1. The van der Waals surface area contributed by atoms with Crippen LogP contribution in [0.15, 0.2) is 47.4 Å². The monoisotopic (exact) mass is 532 g/mol. The van der Waals surface area contributed by atoms with Crippen LogP contribution in [0.4, 0.5) is 15.6 Å². The molecule has 0 aliphatic carbocycles. The molecule has 0 radical (unpaired) electrons. The summed E-state index contributed by atoms with van der Waals surface area (Å²) in [4.78, 5) is 19.0. The minimum atomic E-state index is -4.01. The molecule has 10 nitrogen and oxygen atoms in total. The summed E-state index contributed by atoms with van der Waals surface area (Å²) in [5, 5.41) is 9.64. The van der Waals surface area contributed by atoms with Crippen LogP contribution in [0, 0.1) is 12.8 Å². The van der Waals surface area contributed by atoms with Crippen LogP contribution in [0.1, 0.15) is 18.5 Å². The van der Waals surface area contributed by atoms with E-state index in [9.17, 15) is 18.3 Å². The van der Waals surface area contributed by atoms with E-state index in [4.69, 9.17) is 15.2 Å². The summed E-state index contributed by atoms with van der Waals surface area (Å²) >= 11 is 1.28. The fraction of sp³-hybridized carbons (Fsp3) is 0.333. The van der Waals surface area contributed by atoms with Crippen molar-refractivity contribution < 1.29 is 27.8 Å². The summed E-state index contributed by atoms with van der Waals surface area (Å²) in [7, 11) is -2.61. The number of sulfonamides is 1. The van der Waals surface area contributed by atoms with E-state index < -0.39 is 16.1 Å². The number of rotatable bonds is 7. The predicted molar refractivity (Wildman–Crippen MR) is 138 cm³/mol. The maximum absolute atomic E-state index is 13.2. The highest BCUT2D eigenvalue weighted by Gasteiger charge is 2.24. The molecule has 0 atom stereocenters. The van der Waals surface area contributed by atoms with Gasteiger partial charge in [0.2, 0.25) is 0 Å². The van der Waals surface area contributed by atoms with Gasteiger partial charge in [-0.05, 0) is 73.7 Å². The highest BCUT2D eigenvalue weighted by atomic mass is 32.2.